The van der Waals surface area contributed by atoms with Crippen LogP contribution in [0.15, 0.2) is 28.9 Å². The van der Waals surface area contributed by atoms with Gasteiger partial charge in [0.1, 0.15) is 6.33 Å². The average molecular weight is 253 g/mol. The lowest BCUT2D eigenvalue weighted by molar-refractivity contribution is -0.386. The summed E-state index contributed by atoms with van der Waals surface area (Å²) in [6.45, 7) is 0. The molecule has 0 amide bonds. The molecule has 0 atom stereocenters. The van der Waals surface area contributed by atoms with Crippen molar-refractivity contribution in [3.05, 3.63) is 45.1 Å². The minimum absolute atomic E-state index is 0.257. The van der Waals surface area contributed by atoms with Crippen LogP contribution in [0.5, 0.6) is 0 Å². The monoisotopic (exact) mass is 253 g/mol. The maximum Gasteiger partial charge on any atom is 0.277 e. The second-order valence-electron chi connectivity index (χ2n) is 2.90. The zero-order valence-electron chi connectivity index (χ0n) is 8.28. The second kappa shape index (κ2) is 4.58. The zero-order valence-corrected chi connectivity index (χ0v) is 9.92. The van der Waals surface area contributed by atoms with Crippen LogP contribution in [-0.2, 0) is 0 Å². The van der Waals surface area contributed by atoms with Gasteiger partial charge in [-0.2, -0.15) is 4.37 Å². The predicted molar refractivity (Wildman–Crippen MR) is 62.5 cm³/mol. The lowest BCUT2D eigenvalue weighted by atomic mass is 10.1. The lowest BCUT2D eigenvalue weighted by Gasteiger charge is -2.01. The Hall–Kier alpha value is -1.47. The molecule has 0 radical (unpaired) electrons. The van der Waals surface area contributed by atoms with E-state index in [9.17, 15) is 10.1 Å². The Morgan fingerprint density at radius 1 is 1.50 bits per heavy atom. The maximum atomic E-state index is 10.0. The van der Waals surface area contributed by atoms with E-state index in [0.29, 0.717) is 0 Å². The van der Waals surface area contributed by atoms with Crippen LogP contribution in [0.2, 0.25) is 0 Å². The smallest absolute Gasteiger partial charge is 0.258 e. The Morgan fingerprint density at radius 2 is 2.31 bits per heavy atom. The second-order valence-corrected chi connectivity index (χ2v) is 4.73. The van der Waals surface area contributed by atoms with Crippen molar-refractivity contribution in [2.24, 2.45) is 0 Å². The van der Waals surface area contributed by atoms with Crippen molar-refractivity contribution in [3.8, 4) is 0 Å². The third kappa shape index (κ3) is 2.05. The number of nitro benzene ring substituents is 1. The third-order valence-electron chi connectivity index (χ3n) is 2.02. The molecule has 1 aromatic heterocycles. The summed E-state index contributed by atoms with van der Waals surface area (Å²) in [5.74, 6) is 0. The van der Waals surface area contributed by atoms with Crippen LogP contribution in [0.4, 0.5) is 5.69 Å². The highest BCUT2D eigenvalue weighted by atomic mass is 32.2. The lowest BCUT2D eigenvalue weighted by Crippen LogP contribution is -1.96. The molecule has 2 aliphatic carbocycles. The van der Waals surface area contributed by atoms with Gasteiger partial charge < -0.3 is 0 Å². The van der Waals surface area contributed by atoms with Crippen LogP contribution in [0.1, 0.15) is 0 Å². The normalized spacial score (nSPS) is 10.3. The van der Waals surface area contributed by atoms with Crippen LogP contribution in [0.25, 0.3) is 0 Å². The van der Waals surface area contributed by atoms with E-state index < -0.39 is 0 Å². The van der Waals surface area contributed by atoms with Crippen LogP contribution in [0, 0.1) is 20.6 Å². The highest BCUT2D eigenvalue weighted by Crippen LogP contribution is 2.22. The molecule has 0 aliphatic heterocycles. The van der Waals surface area contributed by atoms with Gasteiger partial charge in [-0.05, 0) is 29.1 Å². The van der Waals surface area contributed by atoms with Crippen LogP contribution in [0.3, 0.4) is 0 Å². The highest BCUT2D eigenvalue weighted by Gasteiger charge is 2.14. The van der Waals surface area contributed by atoms with Crippen molar-refractivity contribution in [1.29, 1.82) is 0 Å². The molecule has 0 saturated carbocycles. The summed E-state index contributed by atoms with van der Waals surface area (Å²) >= 11 is 3.05. The molecule has 0 bridgehead atoms. The number of hydrogen-bond donors (Lipinski definition) is 0. The van der Waals surface area contributed by atoms with Crippen molar-refractivity contribution < 1.29 is 4.92 Å². The van der Waals surface area contributed by atoms with E-state index in [1.165, 1.54) is 11.5 Å². The minimum Gasteiger partial charge on any atom is -0.258 e. The molecule has 0 aromatic carbocycles. The molecule has 0 fully saturated rings. The Bertz CT molecular complexity index is 598. The SMILES string of the molecule is CSc1ncns1.O=[N+]([O-])c1cc2ccc1=2. The third-order valence-corrected chi connectivity index (χ3v) is 3.66. The number of rotatable bonds is 2. The van der Waals surface area contributed by atoms with E-state index in [-0.39, 0.29) is 10.6 Å². The first-order valence-corrected chi connectivity index (χ1v) is 6.31. The van der Waals surface area contributed by atoms with Gasteiger partial charge in [0, 0.05) is 6.07 Å². The molecule has 0 saturated heterocycles. The Kier molecular flexibility index (Phi) is 3.16. The first-order valence-electron chi connectivity index (χ1n) is 4.32. The zero-order chi connectivity index (χ0) is 11.5. The maximum absolute atomic E-state index is 10.0. The van der Waals surface area contributed by atoms with Gasteiger partial charge in [-0.15, -0.1) is 0 Å². The standard InChI is InChI=1S/C6H3NO2.C3H4N2S2/c8-7(9)6-3-4-1-2-5(4)6;1-6-3-4-2-5-7-3/h1-3H;2H,1H3. The molecule has 0 unspecified atom stereocenters. The molecule has 16 heavy (non-hydrogen) atoms. The fourth-order valence-electron chi connectivity index (χ4n) is 1.17. The van der Waals surface area contributed by atoms with Crippen LogP contribution in [-0.4, -0.2) is 20.5 Å². The number of benzene rings is 1. The summed E-state index contributed by atoms with van der Waals surface area (Å²) in [6.07, 6.45) is 3.55. The molecule has 2 aliphatic rings. The summed E-state index contributed by atoms with van der Waals surface area (Å²) in [7, 11) is 0. The molecule has 7 heteroatoms. The van der Waals surface area contributed by atoms with Gasteiger partial charge in [-0.3, -0.25) is 10.1 Å². The molecule has 1 aromatic rings. The van der Waals surface area contributed by atoms with E-state index in [1.54, 1.807) is 30.2 Å². The van der Waals surface area contributed by atoms with Crippen molar-refractivity contribution in [3.63, 3.8) is 0 Å². The van der Waals surface area contributed by atoms with Gasteiger partial charge in [0.15, 0.2) is 4.34 Å². The van der Waals surface area contributed by atoms with Crippen molar-refractivity contribution in [1.82, 2.24) is 9.36 Å². The van der Waals surface area contributed by atoms with Crippen LogP contribution >= 0.6 is 23.3 Å². The molecule has 5 nitrogen and oxygen atoms in total. The summed E-state index contributed by atoms with van der Waals surface area (Å²) in [5, 5.41) is 11.9. The summed E-state index contributed by atoms with van der Waals surface area (Å²) in [6, 6.07) is 5.20. The molecule has 82 valence electrons. The molecule has 0 N–H and O–H groups in total. The summed E-state index contributed by atoms with van der Waals surface area (Å²) < 4.78 is 4.83. The fourth-order valence-corrected chi connectivity index (χ4v) is 2.03. The Labute approximate surface area is 99.2 Å². The minimum atomic E-state index is -0.359. The quantitative estimate of drug-likeness (QED) is 0.398. The number of nitro groups is 1. The first-order chi connectivity index (χ1) is 7.72. The van der Waals surface area contributed by atoms with Gasteiger partial charge in [-0.1, -0.05) is 17.8 Å². The average Bonchev–Trinajstić information content (AvgIpc) is 2.75. The van der Waals surface area contributed by atoms with Gasteiger partial charge in [0.25, 0.3) is 5.69 Å². The van der Waals surface area contributed by atoms with Crippen molar-refractivity contribution in [2.45, 2.75) is 4.34 Å². The van der Waals surface area contributed by atoms with Crippen LogP contribution < -0.4 is 0 Å². The van der Waals surface area contributed by atoms with Crippen molar-refractivity contribution >= 4 is 29.0 Å². The van der Waals surface area contributed by atoms with E-state index in [0.717, 1.165) is 14.8 Å². The fraction of sp³-hybridized carbons (Fsp3) is 0.111. The van der Waals surface area contributed by atoms with Gasteiger partial charge >= 0.3 is 0 Å². The van der Waals surface area contributed by atoms with Crippen molar-refractivity contribution in [2.75, 3.05) is 6.26 Å². The number of hydrogen-bond acceptors (Lipinski definition) is 6. The number of non-ortho nitro benzene ring substituents is 1. The van der Waals surface area contributed by atoms with E-state index >= 15 is 0 Å². The largest absolute Gasteiger partial charge is 0.277 e. The summed E-state index contributed by atoms with van der Waals surface area (Å²) in [4.78, 5) is 13.6. The molecule has 3 rings (SSSR count). The topological polar surface area (TPSA) is 68.9 Å². The molecular weight excluding hydrogens is 246 g/mol. The van der Waals surface area contributed by atoms with E-state index in [2.05, 4.69) is 9.36 Å². The first kappa shape index (κ1) is 11.0. The number of nitrogens with zero attached hydrogens (tertiary/aromatic N) is 3. The summed E-state index contributed by atoms with van der Waals surface area (Å²) in [5.41, 5.74) is 0.257. The van der Waals surface area contributed by atoms with Gasteiger partial charge in [0.05, 0.1) is 10.1 Å². The predicted octanol–water partition coefficient (Wildman–Crippen LogP) is 2.46. The molecule has 1 heterocycles. The Morgan fingerprint density at radius 3 is 2.50 bits per heavy atom. The van der Waals surface area contributed by atoms with E-state index in [1.807, 2.05) is 12.3 Å². The highest BCUT2D eigenvalue weighted by molar-refractivity contribution is 8.00. The molecular formula is C9H7N3O2S2. The Balaban J connectivity index is 0.000000125. The van der Waals surface area contributed by atoms with Gasteiger partial charge in [0.2, 0.25) is 0 Å². The van der Waals surface area contributed by atoms with Gasteiger partial charge in [-0.25, -0.2) is 4.98 Å². The molecule has 0 spiro atoms. The van der Waals surface area contributed by atoms with E-state index in [4.69, 9.17) is 0 Å². The number of aromatic nitrogens is 2. The number of thioether (sulfide) groups is 1.